The molecule has 1 aromatic heterocycles. The molecule has 0 aliphatic carbocycles. The SMILES string of the molecule is CCOC(=O)c1[nH]cc(C(=O)c2ccc3c(c2)OCCO3)c1C. The van der Waals surface area contributed by atoms with Gasteiger partial charge in [0.2, 0.25) is 0 Å². The highest BCUT2D eigenvalue weighted by Gasteiger charge is 2.22. The van der Waals surface area contributed by atoms with Crippen molar-refractivity contribution in [2.75, 3.05) is 19.8 Å². The van der Waals surface area contributed by atoms with Gasteiger partial charge in [-0.1, -0.05) is 0 Å². The van der Waals surface area contributed by atoms with Crippen LogP contribution in [0.25, 0.3) is 0 Å². The Morgan fingerprint density at radius 3 is 2.70 bits per heavy atom. The van der Waals surface area contributed by atoms with E-state index in [9.17, 15) is 9.59 Å². The number of ketones is 1. The van der Waals surface area contributed by atoms with Crippen molar-refractivity contribution in [3.8, 4) is 11.5 Å². The molecule has 0 fully saturated rings. The highest BCUT2D eigenvalue weighted by Crippen LogP contribution is 2.31. The van der Waals surface area contributed by atoms with Gasteiger partial charge < -0.3 is 19.2 Å². The molecule has 0 saturated carbocycles. The first-order chi connectivity index (χ1) is 11.1. The third-order valence-corrected chi connectivity index (χ3v) is 3.67. The van der Waals surface area contributed by atoms with Crippen molar-refractivity contribution in [3.05, 3.63) is 46.8 Å². The molecule has 1 aliphatic heterocycles. The Labute approximate surface area is 133 Å². The van der Waals surface area contributed by atoms with Crippen LogP contribution in [0.5, 0.6) is 11.5 Å². The lowest BCUT2D eigenvalue weighted by Crippen LogP contribution is -2.16. The van der Waals surface area contributed by atoms with E-state index in [0.717, 1.165) is 0 Å². The van der Waals surface area contributed by atoms with Gasteiger partial charge in [0.15, 0.2) is 17.3 Å². The van der Waals surface area contributed by atoms with Crippen LogP contribution in [0.3, 0.4) is 0 Å². The Balaban J connectivity index is 1.90. The third kappa shape index (κ3) is 2.79. The minimum Gasteiger partial charge on any atom is -0.486 e. The average Bonchev–Trinajstić information content (AvgIpc) is 2.95. The van der Waals surface area contributed by atoms with Gasteiger partial charge in [-0.15, -0.1) is 0 Å². The number of aromatic nitrogens is 1. The zero-order valence-electron chi connectivity index (χ0n) is 13.0. The summed E-state index contributed by atoms with van der Waals surface area (Å²) in [6.45, 7) is 4.69. The number of aromatic amines is 1. The van der Waals surface area contributed by atoms with Crippen molar-refractivity contribution >= 4 is 11.8 Å². The summed E-state index contributed by atoms with van der Waals surface area (Å²) < 4.78 is 15.9. The van der Waals surface area contributed by atoms with E-state index in [1.165, 1.54) is 6.20 Å². The van der Waals surface area contributed by atoms with Crippen LogP contribution in [0.15, 0.2) is 24.4 Å². The van der Waals surface area contributed by atoms with Crippen LogP contribution in [-0.2, 0) is 4.74 Å². The lowest BCUT2D eigenvalue weighted by atomic mass is 10.0. The van der Waals surface area contributed by atoms with Gasteiger partial charge in [0.25, 0.3) is 0 Å². The van der Waals surface area contributed by atoms with Crippen molar-refractivity contribution in [1.82, 2.24) is 4.98 Å². The molecule has 0 bridgehead atoms. The lowest BCUT2D eigenvalue weighted by molar-refractivity contribution is 0.0519. The molecule has 1 N–H and O–H groups in total. The van der Waals surface area contributed by atoms with Crippen molar-refractivity contribution in [2.24, 2.45) is 0 Å². The van der Waals surface area contributed by atoms with Crippen molar-refractivity contribution < 1.29 is 23.8 Å². The van der Waals surface area contributed by atoms with Gasteiger partial charge in [-0.05, 0) is 37.6 Å². The number of carbonyl (C=O) groups is 2. The first kappa shape index (κ1) is 15.1. The molecular formula is C17H17NO5. The van der Waals surface area contributed by atoms with Crippen molar-refractivity contribution in [3.63, 3.8) is 0 Å². The number of benzene rings is 1. The molecule has 0 atom stereocenters. The topological polar surface area (TPSA) is 77.6 Å². The number of hydrogen-bond acceptors (Lipinski definition) is 5. The van der Waals surface area contributed by atoms with E-state index in [1.54, 1.807) is 32.0 Å². The third-order valence-electron chi connectivity index (χ3n) is 3.67. The van der Waals surface area contributed by atoms with E-state index >= 15 is 0 Å². The normalized spacial score (nSPS) is 12.8. The molecule has 2 heterocycles. The molecule has 2 aromatic rings. The van der Waals surface area contributed by atoms with Gasteiger partial charge in [-0.2, -0.15) is 0 Å². The minimum absolute atomic E-state index is 0.189. The molecule has 0 unspecified atom stereocenters. The molecule has 120 valence electrons. The summed E-state index contributed by atoms with van der Waals surface area (Å²) in [6, 6.07) is 5.07. The molecule has 6 nitrogen and oxygen atoms in total. The molecule has 23 heavy (non-hydrogen) atoms. The Morgan fingerprint density at radius 2 is 1.96 bits per heavy atom. The minimum atomic E-state index is -0.466. The molecule has 0 spiro atoms. The first-order valence-corrected chi connectivity index (χ1v) is 7.41. The summed E-state index contributed by atoms with van der Waals surface area (Å²) in [7, 11) is 0. The summed E-state index contributed by atoms with van der Waals surface area (Å²) in [6.07, 6.45) is 1.53. The van der Waals surface area contributed by atoms with Crippen LogP contribution < -0.4 is 9.47 Å². The predicted molar refractivity (Wildman–Crippen MR) is 82.4 cm³/mol. The van der Waals surface area contributed by atoms with Gasteiger partial charge in [0.05, 0.1) is 6.61 Å². The number of rotatable bonds is 4. The summed E-state index contributed by atoms with van der Waals surface area (Å²) in [5, 5.41) is 0. The Kier molecular flexibility index (Phi) is 4.06. The number of hydrogen-bond donors (Lipinski definition) is 1. The fourth-order valence-corrected chi connectivity index (χ4v) is 2.49. The Bertz CT molecular complexity index is 762. The van der Waals surface area contributed by atoms with Crippen LogP contribution in [0.1, 0.15) is 38.9 Å². The van der Waals surface area contributed by atoms with Gasteiger partial charge in [0, 0.05) is 17.3 Å². The second-order valence-electron chi connectivity index (χ2n) is 5.11. The summed E-state index contributed by atoms with van der Waals surface area (Å²) in [5.74, 6) is 0.532. The van der Waals surface area contributed by atoms with Gasteiger partial charge in [-0.25, -0.2) is 4.79 Å². The quantitative estimate of drug-likeness (QED) is 0.693. The second-order valence-corrected chi connectivity index (χ2v) is 5.11. The fraction of sp³-hybridized carbons (Fsp3) is 0.294. The molecule has 6 heteroatoms. The molecule has 0 saturated heterocycles. The standard InChI is InChI=1S/C17H17NO5/c1-3-21-17(20)15-10(2)12(9-18-15)16(19)11-4-5-13-14(8-11)23-7-6-22-13/h4-5,8-9,18H,3,6-7H2,1-2H3. The van der Waals surface area contributed by atoms with Crippen LogP contribution in [-0.4, -0.2) is 36.6 Å². The van der Waals surface area contributed by atoms with Crippen LogP contribution >= 0.6 is 0 Å². The van der Waals surface area contributed by atoms with Crippen LogP contribution in [0, 0.1) is 6.92 Å². The average molecular weight is 315 g/mol. The van der Waals surface area contributed by atoms with Crippen molar-refractivity contribution in [1.29, 1.82) is 0 Å². The molecule has 3 rings (SSSR count). The number of nitrogens with one attached hydrogen (secondary N) is 1. The smallest absolute Gasteiger partial charge is 0.355 e. The van der Waals surface area contributed by atoms with Gasteiger partial charge in [0.1, 0.15) is 18.9 Å². The van der Waals surface area contributed by atoms with Gasteiger partial charge >= 0.3 is 5.97 Å². The maximum Gasteiger partial charge on any atom is 0.355 e. The van der Waals surface area contributed by atoms with E-state index in [-0.39, 0.29) is 12.4 Å². The Morgan fingerprint density at radius 1 is 1.22 bits per heavy atom. The zero-order valence-corrected chi connectivity index (χ0v) is 13.0. The largest absolute Gasteiger partial charge is 0.486 e. The number of esters is 1. The maximum atomic E-state index is 12.7. The van der Waals surface area contributed by atoms with Crippen LogP contribution in [0.2, 0.25) is 0 Å². The molecule has 0 amide bonds. The molecular weight excluding hydrogens is 298 g/mol. The second kappa shape index (κ2) is 6.16. The highest BCUT2D eigenvalue weighted by molar-refractivity contribution is 6.11. The monoisotopic (exact) mass is 315 g/mol. The van der Waals surface area contributed by atoms with Gasteiger partial charge in [-0.3, -0.25) is 4.79 Å². The highest BCUT2D eigenvalue weighted by atomic mass is 16.6. The molecule has 1 aromatic carbocycles. The summed E-state index contributed by atoms with van der Waals surface area (Å²) in [5.41, 5.74) is 1.78. The summed E-state index contributed by atoms with van der Waals surface area (Å²) in [4.78, 5) is 27.3. The van der Waals surface area contributed by atoms with E-state index in [1.807, 2.05) is 0 Å². The fourth-order valence-electron chi connectivity index (χ4n) is 2.49. The molecule has 1 aliphatic rings. The zero-order chi connectivity index (χ0) is 16.4. The van der Waals surface area contributed by atoms with E-state index < -0.39 is 5.97 Å². The van der Waals surface area contributed by atoms with Crippen LogP contribution in [0.4, 0.5) is 0 Å². The lowest BCUT2D eigenvalue weighted by Gasteiger charge is -2.18. The first-order valence-electron chi connectivity index (χ1n) is 7.41. The molecule has 0 radical (unpaired) electrons. The number of carbonyl (C=O) groups excluding carboxylic acids is 2. The summed E-state index contributed by atoms with van der Waals surface area (Å²) >= 11 is 0. The number of ether oxygens (including phenoxy) is 3. The van der Waals surface area contributed by atoms with Crippen molar-refractivity contribution in [2.45, 2.75) is 13.8 Å². The maximum absolute atomic E-state index is 12.7. The predicted octanol–water partition coefficient (Wildman–Crippen LogP) is 2.50. The van der Waals surface area contributed by atoms with E-state index in [2.05, 4.69) is 4.98 Å². The number of H-pyrrole nitrogens is 1. The van der Waals surface area contributed by atoms with E-state index in [0.29, 0.717) is 47.1 Å². The Hall–Kier alpha value is -2.76. The number of fused-ring (bicyclic) bond motifs is 1. The van der Waals surface area contributed by atoms with E-state index in [4.69, 9.17) is 14.2 Å².